The summed E-state index contributed by atoms with van der Waals surface area (Å²) in [4.78, 5) is 21.1. The first-order valence-corrected chi connectivity index (χ1v) is 11.1. The first-order valence-electron chi connectivity index (χ1n) is 11.1. The van der Waals surface area contributed by atoms with E-state index in [1.54, 1.807) is 17.2 Å². The molecule has 5 aromatic rings. The summed E-state index contributed by atoms with van der Waals surface area (Å²) in [6.07, 6.45) is 9.96. The Kier molecular flexibility index (Phi) is 3.70. The van der Waals surface area contributed by atoms with Crippen molar-refractivity contribution in [3.8, 4) is 23.0 Å². The Morgan fingerprint density at radius 1 is 1.09 bits per heavy atom. The standard InChI is InChI=1S/C23H20N10/c1-2-23-9-5-11-32(23)20-18(31-14-27-30-21(23)31)12-25-22(29-20)33-19(26-13-28-33)16-6-3-8-17-15(16)7-4-10-24-17/h3-4,6-8,10,12-14H,2,5,9,11H2,1H3. The van der Waals surface area contributed by atoms with E-state index in [1.165, 1.54) is 6.33 Å². The summed E-state index contributed by atoms with van der Waals surface area (Å²) in [5.74, 6) is 3.01. The third kappa shape index (κ3) is 2.40. The van der Waals surface area contributed by atoms with Crippen molar-refractivity contribution in [1.82, 2.24) is 44.5 Å². The summed E-state index contributed by atoms with van der Waals surface area (Å²) >= 11 is 0. The second kappa shape index (κ2) is 6.64. The minimum absolute atomic E-state index is 0.193. The maximum Gasteiger partial charge on any atom is 0.254 e. The van der Waals surface area contributed by atoms with Gasteiger partial charge in [-0.25, -0.2) is 9.97 Å². The van der Waals surface area contributed by atoms with Gasteiger partial charge in [-0.1, -0.05) is 25.1 Å². The Hall–Kier alpha value is -4.21. The lowest BCUT2D eigenvalue weighted by molar-refractivity contribution is 0.381. The predicted molar refractivity (Wildman–Crippen MR) is 121 cm³/mol. The zero-order valence-electron chi connectivity index (χ0n) is 18.0. The van der Waals surface area contributed by atoms with E-state index in [0.717, 1.165) is 59.6 Å². The first-order chi connectivity index (χ1) is 16.3. The third-order valence-electron chi connectivity index (χ3n) is 6.91. The molecule has 1 atom stereocenters. The molecule has 0 aliphatic carbocycles. The van der Waals surface area contributed by atoms with Gasteiger partial charge in [-0.15, -0.1) is 10.2 Å². The van der Waals surface area contributed by atoms with Crippen molar-refractivity contribution in [2.45, 2.75) is 31.7 Å². The number of hydrogen-bond acceptors (Lipinski definition) is 8. The predicted octanol–water partition coefficient (Wildman–Crippen LogP) is 3.07. The van der Waals surface area contributed by atoms with E-state index in [9.17, 15) is 0 Å². The number of hydrogen-bond donors (Lipinski definition) is 0. The molecule has 0 radical (unpaired) electrons. The SMILES string of the molecule is CCC12CCCN1c1nc(-n3ncnc3-c3cccc4ncccc34)ncc1-n1cnnc12. The summed E-state index contributed by atoms with van der Waals surface area (Å²) in [5, 5.41) is 14.2. The highest BCUT2D eigenvalue weighted by atomic mass is 15.4. The van der Waals surface area contributed by atoms with Crippen LogP contribution in [0.15, 0.2) is 55.4 Å². The molecular formula is C23H20N10. The van der Waals surface area contributed by atoms with Crippen LogP contribution in [0.5, 0.6) is 0 Å². The lowest BCUT2D eigenvalue weighted by Crippen LogP contribution is -2.46. The van der Waals surface area contributed by atoms with Crippen molar-refractivity contribution < 1.29 is 0 Å². The van der Waals surface area contributed by atoms with Crippen LogP contribution >= 0.6 is 0 Å². The van der Waals surface area contributed by atoms with E-state index in [2.05, 4.69) is 42.1 Å². The molecule has 1 aromatic carbocycles. The second-order valence-electron chi connectivity index (χ2n) is 8.41. The number of fused-ring (bicyclic) bond motifs is 7. The lowest BCUT2D eigenvalue weighted by atomic mass is 9.90. The maximum absolute atomic E-state index is 5.02. The van der Waals surface area contributed by atoms with Crippen LogP contribution < -0.4 is 4.90 Å². The van der Waals surface area contributed by atoms with Crippen molar-refractivity contribution in [3.63, 3.8) is 0 Å². The smallest absolute Gasteiger partial charge is 0.254 e. The largest absolute Gasteiger partial charge is 0.342 e. The molecular weight excluding hydrogens is 416 g/mol. The van der Waals surface area contributed by atoms with E-state index >= 15 is 0 Å². The van der Waals surface area contributed by atoms with Crippen LogP contribution in [-0.4, -0.2) is 51.0 Å². The molecule has 0 N–H and O–H groups in total. The molecule has 2 aliphatic heterocycles. The average molecular weight is 436 g/mol. The normalized spacial score (nSPS) is 18.9. The van der Waals surface area contributed by atoms with Crippen LogP contribution in [0.2, 0.25) is 0 Å². The minimum Gasteiger partial charge on any atom is -0.342 e. The molecule has 1 unspecified atom stereocenters. The third-order valence-corrected chi connectivity index (χ3v) is 6.91. The van der Waals surface area contributed by atoms with Crippen LogP contribution in [0.25, 0.3) is 33.9 Å². The first kappa shape index (κ1) is 18.4. The Bertz CT molecular complexity index is 1510. The number of aromatic nitrogens is 9. The second-order valence-corrected chi connectivity index (χ2v) is 8.41. The molecule has 0 saturated carbocycles. The Morgan fingerprint density at radius 2 is 2.06 bits per heavy atom. The fourth-order valence-electron chi connectivity index (χ4n) is 5.37. The topological polar surface area (TPSA) is 103 Å². The highest BCUT2D eigenvalue weighted by molar-refractivity contribution is 5.92. The highest BCUT2D eigenvalue weighted by Crippen LogP contribution is 2.48. The van der Waals surface area contributed by atoms with E-state index < -0.39 is 0 Å². The molecule has 10 heteroatoms. The van der Waals surface area contributed by atoms with Gasteiger partial charge in [-0.05, 0) is 31.4 Å². The van der Waals surface area contributed by atoms with Crippen LogP contribution in [0.4, 0.5) is 5.82 Å². The molecule has 1 fully saturated rings. The van der Waals surface area contributed by atoms with Gasteiger partial charge in [-0.3, -0.25) is 9.55 Å². The van der Waals surface area contributed by atoms with Crippen LogP contribution in [0.1, 0.15) is 32.0 Å². The van der Waals surface area contributed by atoms with Gasteiger partial charge < -0.3 is 4.90 Å². The number of anilines is 1. The quantitative estimate of drug-likeness (QED) is 0.425. The summed E-state index contributed by atoms with van der Waals surface area (Å²) in [5.41, 5.74) is 2.54. The van der Waals surface area contributed by atoms with Crippen LogP contribution in [-0.2, 0) is 5.54 Å². The molecule has 0 spiro atoms. The molecule has 1 saturated heterocycles. The Balaban J connectivity index is 1.42. The summed E-state index contributed by atoms with van der Waals surface area (Å²) in [6, 6.07) is 9.96. The van der Waals surface area contributed by atoms with E-state index in [-0.39, 0.29) is 5.54 Å². The van der Waals surface area contributed by atoms with Crippen molar-refractivity contribution >= 4 is 16.7 Å². The van der Waals surface area contributed by atoms with Gasteiger partial charge in [0.2, 0.25) is 0 Å². The summed E-state index contributed by atoms with van der Waals surface area (Å²) < 4.78 is 3.73. The molecule has 0 bridgehead atoms. The average Bonchev–Trinajstić information content (AvgIpc) is 3.63. The van der Waals surface area contributed by atoms with E-state index in [4.69, 9.17) is 4.98 Å². The number of nitrogens with zero attached hydrogens (tertiary/aromatic N) is 10. The fourth-order valence-corrected chi connectivity index (χ4v) is 5.37. The number of rotatable bonds is 3. The molecule has 2 aliphatic rings. The molecule has 162 valence electrons. The van der Waals surface area contributed by atoms with Gasteiger partial charge in [0.05, 0.1) is 11.7 Å². The maximum atomic E-state index is 5.02. The number of benzene rings is 1. The van der Waals surface area contributed by atoms with E-state index in [1.807, 2.05) is 41.1 Å². The van der Waals surface area contributed by atoms with Gasteiger partial charge in [-0.2, -0.15) is 14.8 Å². The van der Waals surface area contributed by atoms with Gasteiger partial charge in [0.1, 0.15) is 23.9 Å². The Labute approximate surface area is 189 Å². The Morgan fingerprint density at radius 3 is 3.00 bits per heavy atom. The lowest BCUT2D eigenvalue weighted by Gasteiger charge is -2.42. The van der Waals surface area contributed by atoms with Crippen LogP contribution in [0.3, 0.4) is 0 Å². The zero-order chi connectivity index (χ0) is 22.0. The fraction of sp³-hybridized carbons (Fsp3) is 0.261. The van der Waals surface area contributed by atoms with Gasteiger partial charge in [0.15, 0.2) is 17.5 Å². The minimum atomic E-state index is -0.193. The van der Waals surface area contributed by atoms with Gasteiger partial charge in [0.25, 0.3) is 5.95 Å². The van der Waals surface area contributed by atoms with Crippen molar-refractivity contribution in [2.75, 3.05) is 11.4 Å². The summed E-state index contributed by atoms with van der Waals surface area (Å²) in [6.45, 7) is 3.12. The molecule has 10 nitrogen and oxygen atoms in total. The zero-order valence-corrected chi connectivity index (χ0v) is 18.0. The molecule has 0 amide bonds. The monoisotopic (exact) mass is 436 g/mol. The molecule has 7 rings (SSSR count). The van der Waals surface area contributed by atoms with Crippen molar-refractivity contribution in [1.29, 1.82) is 0 Å². The molecule has 6 heterocycles. The van der Waals surface area contributed by atoms with Crippen molar-refractivity contribution in [2.24, 2.45) is 0 Å². The van der Waals surface area contributed by atoms with Gasteiger partial charge >= 0.3 is 0 Å². The van der Waals surface area contributed by atoms with Crippen molar-refractivity contribution in [3.05, 3.63) is 61.2 Å². The molecule has 4 aromatic heterocycles. The number of pyridine rings is 1. The molecule has 33 heavy (non-hydrogen) atoms. The van der Waals surface area contributed by atoms with E-state index in [0.29, 0.717) is 11.8 Å². The van der Waals surface area contributed by atoms with Gasteiger partial charge in [0, 0.05) is 23.7 Å². The summed E-state index contributed by atoms with van der Waals surface area (Å²) in [7, 11) is 0. The highest BCUT2D eigenvalue weighted by Gasteiger charge is 2.49. The van der Waals surface area contributed by atoms with Crippen LogP contribution in [0, 0.1) is 0 Å².